The fourth-order valence-electron chi connectivity index (χ4n) is 6.39. The van der Waals surface area contributed by atoms with Crippen LogP contribution in [0.1, 0.15) is 40.0 Å². The molecule has 2 saturated carbocycles. The summed E-state index contributed by atoms with van der Waals surface area (Å²) in [5, 5.41) is 20.5. The number of carbonyl (C=O) groups excluding carboxylic acids is 3. The van der Waals surface area contributed by atoms with Crippen molar-refractivity contribution in [1.29, 1.82) is 0 Å². The van der Waals surface area contributed by atoms with Crippen molar-refractivity contribution in [2.24, 2.45) is 22.7 Å². The maximum Gasteiger partial charge on any atom is 0.190 e. The Kier molecular flexibility index (Phi) is 3.86. The third kappa shape index (κ3) is 1.95. The van der Waals surface area contributed by atoms with Gasteiger partial charge >= 0.3 is 0 Å². The van der Waals surface area contributed by atoms with Gasteiger partial charge in [-0.05, 0) is 50.3 Å². The van der Waals surface area contributed by atoms with Crippen molar-refractivity contribution < 1.29 is 29.0 Å². The van der Waals surface area contributed by atoms with Gasteiger partial charge in [0.05, 0.1) is 5.41 Å². The van der Waals surface area contributed by atoms with Gasteiger partial charge in [-0.3, -0.25) is 14.4 Å². The molecule has 150 valence electrons. The molecule has 4 aliphatic carbocycles. The zero-order chi connectivity index (χ0) is 20.7. The second-order valence-corrected chi connectivity index (χ2v) is 9.19. The lowest BCUT2D eigenvalue weighted by molar-refractivity contribution is -0.177. The molecule has 2 fully saturated rings. The second kappa shape index (κ2) is 5.57. The lowest BCUT2D eigenvalue weighted by Gasteiger charge is -2.58. The van der Waals surface area contributed by atoms with Gasteiger partial charge < -0.3 is 10.2 Å². The number of aliphatic hydroxyl groups is 2. The number of ketones is 3. The highest BCUT2D eigenvalue weighted by molar-refractivity contribution is 6.03. The average molecular weight is 388 g/mol. The summed E-state index contributed by atoms with van der Waals surface area (Å²) in [6.07, 6.45) is 6.08. The molecule has 0 aromatic rings. The molecule has 0 spiro atoms. The number of fused-ring (bicyclic) bond motifs is 5. The Morgan fingerprint density at radius 2 is 2.00 bits per heavy atom. The van der Waals surface area contributed by atoms with Crippen molar-refractivity contribution >= 4 is 17.3 Å². The molecular formula is C22H25FO5. The quantitative estimate of drug-likeness (QED) is 0.755. The first-order valence-corrected chi connectivity index (χ1v) is 9.68. The van der Waals surface area contributed by atoms with Crippen LogP contribution in [-0.2, 0) is 14.4 Å². The van der Waals surface area contributed by atoms with E-state index in [1.807, 2.05) is 0 Å². The molecule has 0 bridgehead atoms. The van der Waals surface area contributed by atoms with Crippen molar-refractivity contribution in [3.63, 3.8) is 0 Å². The molecule has 2 N–H and O–H groups in total. The van der Waals surface area contributed by atoms with Crippen LogP contribution in [0.15, 0.2) is 35.5 Å². The first-order valence-electron chi connectivity index (χ1n) is 9.68. The van der Waals surface area contributed by atoms with Crippen molar-refractivity contribution in [3.8, 4) is 0 Å². The van der Waals surface area contributed by atoms with Crippen LogP contribution in [-0.4, -0.2) is 45.4 Å². The van der Waals surface area contributed by atoms with Crippen molar-refractivity contribution in [2.75, 3.05) is 6.61 Å². The van der Waals surface area contributed by atoms with Crippen LogP contribution < -0.4 is 0 Å². The van der Waals surface area contributed by atoms with Gasteiger partial charge in [0.25, 0.3) is 0 Å². The Hall–Kier alpha value is -1.92. The Balaban J connectivity index is 1.91. The highest BCUT2D eigenvalue weighted by Crippen LogP contribution is 2.68. The van der Waals surface area contributed by atoms with Crippen molar-refractivity contribution in [2.45, 2.75) is 51.3 Å². The van der Waals surface area contributed by atoms with Gasteiger partial charge in [-0.25, -0.2) is 4.39 Å². The molecule has 0 aromatic carbocycles. The van der Waals surface area contributed by atoms with E-state index in [4.69, 9.17) is 0 Å². The molecule has 0 heterocycles. The minimum atomic E-state index is -2.26. The Labute approximate surface area is 163 Å². The SMILES string of the molecule is CC1=C[C@H]2[C@@H]3CC[C@](O)(C(=O)CO)[C@@]3(C)CC(=O)[C@]2(F)[C@@]2(C)C=CC(=O)C=C12. The number of hydrogen-bond acceptors (Lipinski definition) is 5. The van der Waals surface area contributed by atoms with E-state index in [1.165, 1.54) is 18.2 Å². The topological polar surface area (TPSA) is 91.7 Å². The van der Waals surface area contributed by atoms with Gasteiger partial charge in [0.1, 0.15) is 12.2 Å². The molecular weight excluding hydrogens is 363 g/mol. The van der Waals surface area contributed by atoms with Gasteiger partial charge in [-0.15, -0.1) is 0 Å². The lowest BCUT2D eigenvalue weighted by atomic mass is 9.46. The molecule has 0 amide bonds. The summed E-state index contributed by atoms with van der Waals surface area (Å²) in [4.78, 5) is 37.6. The standard InChI is InChI=1S/C22H25FO5/c1-12-8-16-14-5-7-21(28,18(27)11-24)20(14,3)10-17(26)22(16,23)19(2)6-4-13(25)9-15(12)19/h4,6,8-9,14,16,24,28H,5,7,10-11H2,1-3H3/t14-,16-,19-,20-,21-,22-/m0/s1. The number of carbonyl (C=O) groups is 3. The highest BCUT2D eigenvalue weighted by Gasteiger charge is 2.74. The summed E-state index contributed by atoms with van der Waals surface area (Å²) in [6.45, 7) is 4.29. The largest absolute Gasteiger partial charge is 0.388 e. The van der Waals surface area contributed by atoms with E-state index in [0.29, 0.717) is 12.0 Å². The van der Waals surface area contributed by atoms with Gasteiger partial charge in [0.15, 0.2) is 23.0 Å². The lowest BCUT2D eigenvalue weighted by Crippen LogP contribution is -2.67. The fourth-order valence-corrected chi connectivity index (χ4v) is 6.39. The molecule has 6 heteroatoms. The van der Waals surface area contributed by atoms with Gasteiger partial charge in [0, 0.05) is 17.8 Å². The monoisotopic (exact) mass is 388 g/mol. The normalized spacial score (nSPS) is 47.1. The number of halogens is 1. The molecule has 0 aliphatic heterocycles. The number of aliphatic hydroxyl groups excluding tert-OH is 1. The third-order valence-electron chi connectivity index (χ3n) is 8.05. The molecule has 0 aromatic heterocycles. The summed E-state index contributed by atoms with van der Waals surface area (Å²) < 4.78 is 16.8. The molecule has 4 rings (SSSR count). The van der Waals surface area contributed by atoms with Gasteiger partial charge in [-0.1, -0.05) is 24.6 Å². The fraction of sp³-hybridized carbons (Fsp3) is 0.591. The smallest absolute Gasteiger partial charge is 0.190 e. The molecule has 28 heavy (non-hydrogen) atoms. The van der Waals surface area contributed by atoms with Crippen LogP contribution in [0.2, 0.25) is 0 Å². The van der Waals surface area contributed by atoms with Crippen LogP contribution >= 0.6 is 0 Å². The predicted molar refractivity (Wildman–Crippen MR) is 98.9 cm³/mol. The van der Waals surface area contributed by atoms with Crippen LogP contribution in [0.25, 0.3) is 0 Å². The van der Waals surface area contributed by atoms with Crippen molar-refractivity contribution in [1.82, 2.24) is 0 Å². The zero-order valence-electron chi connectivity index (χ0n) is 16.3. The maximum atomic E-state index is 16.8. The van der Waals surface area contributed by atoms with E-state index >= 15 is 4.39 Å². The second-order valence-electron chi connectivity index (χ2n) is 9.19. The minimum absolute atomic E-state index is 0.0913. The van der Waals surface area contributed by atoms with Gasteiger partial charge in [-0.2, -0.15) is 0 Å². The number of hydrogen-bond donors (Lipinski definition) is 2. The van der Waals surface area contributed by atoms with Gasteiger partial charge in [0.2, 0.25) is 0 Å². The third-order valence-corrected chi connectivity index (χ3v) is 8.05. The van der Waals surface area contributed by atoms with Crippen LogP contribution in [0.5, 0.6) is 0 Å². The highest BCUT2D eigenvalue weighted by atomic mass is 19.1. The first kappa shape index (κ1) is 19.4. The Bertz CT molecular complexity index is 901. The summed E-state index contributed by atoms with van der Waals surface area (Å²) in [5.41, 5.74) is -5.28. The predicted octanol–water partition coefficient (Wildman–Crippen LogP) is 2.02. The molecule has 0 unspecified atom stereocenters. The Morgan fingerprint density at radius 1 is 1.32 bits per heavy atom. The molecule has 5 nitrogen and oxygen atoms in total. The van der Waals surface area contributed by atoms with E-state index in [9.17, 15) is 24.6 Å². The average Bonchev–Trinajstić information content (AvgIpc) is 2.91. The van der Waals surface area contributed by atoms with E-state index in [0.717, 1.165) is 5.57 Å². The van der Waals surface area contributed by atoms with Crippen LogP contribution in [0, 0.1) is 22.7 Å². The number of allylic oxidation sites excluding steroid dienone is 6. The minimum Gasteiger partial charge on any atom is -0.388 e. The van der Waals surface area contributed by atoms with Crippen molar-refractivity contribution in [3.05, 3.63) is 35.5 Å². The number of Topliss-reactive ketones (excluding diaryl/α,β-unsaturated/α-hetero) is 2. The Morgan fingerprint density at radius 3 is 2.64 bits per heavy atom. The van der Waals surface area contributed by atoms with E-state index < -0.39 is 52.1 Å². The summed E-state index contributed by atoms with van der Waals surface area (Å²) >= 11 is 0. The van der Waals surface area contributed by atoms with E-state index in [1.54, 1.807) is 26.8 Å². The molecule has 0 radical (unpaired) electrons. The molecule has 6 atom stereocenters. The zero-order valence-corrected chi connectivity index (χ0v) is 16.3. The number of rotatable bonds is 2. The number of alkyl halides is 1. The van der Waals surface area contributed by atoms with E-state index in [2.05, 4.69) is 0 Å². The van der Waals surface area contributed by atoms with Crippen LogP contribution in [0.4, 0.5) is 4.39 Å². The maximum absolute atomic E-state index is 16.8. The van der Waals surface area contributed by atoms with Crippen LogP contribution in [0.3, 0.4) is 0 Å². The summed E-state index contributed by atoms with van der Waals surface area (Å²) in [5.74, 6) is -2.88. The summed E-state index contributed by atoms with van der Waals surface area (Å²) in [6, 6.07) is 0. The first-order chi connectivity index (χ1) is 13.0. The summed E-state index contributed by atoms with van der Waals surface area (Å²) in [7, 11) is 0. The molecule has 0 saturated heterocycles. The van der Waals surface area contributed by atoms with E-state index in [-0.39, 0.29) is 18.6 Å². The molecule has 4 aliphatic rings.